The summed E-state index contributed by atoms with van der Waals surface area (Å²) in [6.07, 6.45) is 1.42. The molecule has 0 unspecified atom stereocenters. The lowest BCUT2D eigenvalue weighted by molar-refractivity contribution is 0.168. The molecule has 10 heteroatoms. The van der Waals surface area contributed by atoms with Crippen molar-refractivity contribution in [2.24, 2.45) is 0 Å². The van der Waals surface area contributed by atoms with Crippen molar-refractivity contribution >= 4 is 47.2 Å². The number of hydrogen-bond acceptors (Lipinski definition) is 7. The van der Waals surface area contributed by atoms with Crippen molar-refractivity contribution in [3.63, 3.8) is 0 Å². The number of urea groups is 1. The van der Waals surface area contributed by atoms with Gasteiger partial charge >= 0.3 is 6.03 Å². The number of methoxy groups -OCH3 is 1. The second-order valence-electron chi connectivity index (χ2n) is 6.37. The molecule has 2 amide bonds. The van der Waals surface area contributed by atoms with E-state index in [1.165, 1.54) is 12.3 Å². The maximum absolute atomic E-state index is 12.4. The van der Waals surface area contributed by atoms with Crippen molar-refractivity contribution in [2.45, 2.75) is 13.0 Å². The van der Waals surface area contributed by atoms with E-state index in [2.05, 4.69) is 20.8 Å². The third-order valence-electron chi connectivity index (χ3n) is 4.17. The van der Waals surface area contributed by atoms with Crippen LogP contribution in [0, 0.1) is 12.3 Å². The Hall–Kier alpha value is -2.99. The minimum Gasteiger partial charge on any atom is -0.398 e. The summed E-state index contributed by atoms with van der Waals surface area (Å²) in [5.74, 6) is 0.854. The first-order chi connectivity index (χ1) is 14.0. The third-order valence-corrected chi connectivity index (χ3v) is 4.17. The van der Waals surface area contributed by atoms with Gasteiger partial charge in [-0.05, 0) is 12.5 Å². The number of anilines is 2. The standard InChI is InChI=1S/C20H22N6O3.HI.3H2/c1-12-8-16(26-29-12)19(22)14-10-23-18(9-15(14)21)25-20(27)24-17(11-28-2)13-6-4-3-5-7-13;;;;/h3-10,17,22H,11H2,1-2H3,(H4,21,23,24,25,27);4*1H/t17-;;;;/m1..../s1. The van der Waals surface area contributed by atoms with Crippen LogP contribution in [-0.2, 0) is 4.74 Å². The predicted octanol–water partition coefficient (Wildman–Crippen LogP) is 4.24. The molecular formula is C20H29IN6O3. The highest BCUT2D eigenvalue weighted by Gasteiger charge is 2.17. The lowest BCUT2D eigenvalue weighted by atomic mass is 10.1. The Kier molecular flexibility index (Phi) is 8.30. The average molecular weight is 528 g/mol. The van der Waals surface area contributed by atoms with Crippen LogP contribution in [0.4, 0.5) is 16.3 Å². The van der Waals surface area contributed by atoms with Crippen molar-refractivity contribution in [1.82, 2.24) is 15.5 Å². The van der Waals surface area contributed by atoms with E-state index in [-0.39, 0.29) is 51.5 Å². The quantitative estimate of drug-likeness (QED) is 0.267. The number of ether oxygens (including phenoxy) is 1. The number of benzene rings is 1. The highest BCUT2D eigenvalue weighted by atomic mass is 127. The van der Waals surface area contributed by atoms with Gasteiger partial charge in [-0.25, -0.2) is 9.78 Å². The topological polar surface area (TPSA) is 139 Å². The van der Waals surface area contributed by atoms with Crippen molar-refractivity contribution < 1.29 is 18.3 Å². The fraction of sp³-hybridized carbons (Fsp3) is 0.200. The van der Waals surface area contributed by atoms with Crippen LogP contribution in [-0.4, -0.2) is 35.6 Å². The van der Waals surface area contributed by atoms with Crippen LogP contribution in [0.3, 0.4) is 0 Å². The second-order valence-corrected chi connectivity index (χ2v) is 6.37. The summed E-state index contributed by atoms with van der Waals surface area (Å²) in [6.45, 7) is 2.06. The first-order valence-corrected chi connectivity index (χ1v) is 8.87. The first kappa shape index (κ1) is 23.3. The molecule has 3 rings (SSSR count). The fourth-order valence-corrected chi connectivity index (χ4v) is 2.75. The molecule has 2 aromatic heterocycles. The SMILES string of the molecule is COC[C@@H](NC(=O)Nc1cc(N)c(C(=N)c2cc(C)on2)cn1)c1ccccc1.I.[HH].[HH].[HH]. The maximum Gasteiger partial charge on any atom is 0.320 e. The molecule has 1 aromatic carbocycles. The molecule has 0 saturated carbocycles. The van der Waals surface area contributed by atoms with Crippen molar-refractivity contribution in [3.8, 4) is 0 Å². The summed E-state index contributed by atoms with van der Waals surface area (Å²) in [5, 5.41) is 17.5. The van der Waals surface area contributed by atoms with E-state index >= 15 is 0 Å². The lowest BCUT2D eigenvalue weighted by Gasteiger charge is -2.18. The van der Waals surface area contributed by atoms with E-state index in [9.17, 15) is 4.79 Å². The zero-order valence-corrected chi connectivity index (χ0v) is 18.8. The van der Waals surface area contributed by atoms with Crippen molar-refractivity contribution in [2.75, 3.05) is 24.8 Å². The maximum atomic E-state index is 12.4. The molecule has 3 aromatic rings. The minimum absolute atomic E-state index is 0. The fourth-order valence-electron chi connectivity index (χ4n) is 2.75. The molecule has 164 valence electrons. The number of nitrogens with one attached hydrogen (secondary N) is 3. The van der Waals surface area contributed by atoms with Gasteiger partial charge in [0, 0.05) is 41.0 Å². The molecule has 0 aliphatic rings. The number of nitrogens with two attached hydrogens (primary N) is 1. The molecule has 30 heavy (non-hydrogen) atoms. The summed E-state index contributed by atoms with van der Waals surface area (Å²) in [6, 6.07) is 11.9. The zero-order chi connectivity index (χ0) is 20.8. The Morgan fingerprint density at radius 2 is 2.07 bits per heavy atom. The van der Waals surface area contributed by atoms with Gasteiger partial charge in [0.05, 0.1) is 18.4 Å². The van der Waals surface area contributed by atoms with Gasteiger partial charge in [0.1, 0.15) is 17.3 Å². The van der Waals surface area contributed by atoms with Gasteiger partial charge in [0.25, 0.3) is 0 Å². The molecule has 5 N–H and O–H groups in total. The number of rotatable bonds is 7. The first-order valence-electron chi connectivity index (χ1n) is 8.87. The number of hydrogen-bond donors (Lipinski definition) is 4. The predicted molar refractivity (Wildman–Crippen MR) is 131 cm³/mol. The molecule has 2 heterocycles. The lowest BCUT2D eigenvalue weighted by Crippen LogP contribution is -2.35. The number of halogens is 1. The summed E-state index contributed by atoms with van der Waals surface area (Å²) in [7, 11) is 1.57. The molecule has 9 nitrogen and oxygen atoms in total. The van der Waals surface area contributed by atoms with Crippen LogP contribution in [0.25, 0.3) is 0 Å². The van der Waals surface area contributed by atoms with Crippen LogP contribution < -0.4 is 16.4 Å². The molecule has 1 atom stereocenters. The van der Waals surface area contributed by atoms with E-state index in [1.807, 2.05) is 30.3 Å². The van der Waals surface area contributed by atoms with E-state index in [0.717, 1.165) is 5.56 Å². The molecule has 0 bridgehead atoms. The minimum atomic E-state index is -0.447. The number of amides is 2. The summed E-state index contributed by atoms with van der Waals surface area (Å²) in [5.41, 5.74) is 8.11. The molecule has 0 aliphatic carbocycles. The normalized spacial score (nSPS) is 11.3. The summed E-state index contributed by atoms with van der Waals surface area (Å²) in [4.78, 5) is 16.6. The van der Waals surface area contributed by atoms with Gasteiger partial charge in [-0.2, -0.15) is 0 Å². The number of nitrogens with zero attached hydrogens (tertiary/aromatic N) is 2. The van der Waals surface area contributed by atoms with Crippen molar-refractivity contribution in [1.29, 1.82) is 5.41 Å². The van der Waals surface area contributed by atoms with Gasteiger partial charge in [-0.3, -0.25) is 10.7 Å². The molecule has 0 saturated heterocycles. The monoisotopic (exact) mass is 528 g/mol. The Labute approximate surface area is 195 Å². The van der Waals surface area contributed by atoms with Crippen LogP contribution in [0.1, 0.15) is 32.9 Å². The second kappa shape index (κ2) is 10.7. The smallest absolute Gasteiger partial charge is 0.320 e. The zero-order valence-electron chi connectivity index (χ0n) is 16.5. The molecule has 0 spiro atoms. The Bertz CT molecular complexity index is 1020. The van der Waals surface area contributed by atoms with E-state index < -0.39 is 6.03 Å². The highest BCUT2D eigenvalue weighted by Crippen LogP contribution is 2.19. The Balaban J connectivity index is 0. The van der Waals surface area contributed by atoms with Gasteiger partial charge in [-0.15, -0.1) is 24.0 Å². The van der Waals surface area contributed by atoms with E-state index in [0.29, 0.717) is 23.6 Å². The number of aryl methyl sites for hydroxylation is 1. The van der Waals surface area contributed by atoms with Gasteiger partial charge in [0.2, 0.25) is 0 Å². The van der Waals surface area contributed by atoms with E-state index in [4.69, 9.17) is 20.4 Å². The van der Waals surface area contributed by atoms with Crippen LogP contribution >= 0.6 is 24.0 Å². The Morgan fingerprint density at radius 1 is 1.33 bits per heavy atom. The van der Waals surface area contributed by atoms with Crippen molar-refractivity contribution in [3.05, 3.63) is 71.2 Å². The van der Waals surface area contributed by atoms with Crippen LogP contribution in [0.5, 0.6) is 0 Å². The average Bonchev–Trinajstić information content (AvgIpc) is 3.14. The molecule has 0 aliphatic heterocycles. The summed E-state index contributed by atoms with van der Waals surface area (Å²) >= 11 is 0. The third kappa shape index (κ3) is 5.76. The molecule has 0 radical (unpaired) electrons. The van der Waals surface area contributed by atoms with Gasteiger partial charge in [0.15, 0.2) is 0 Å². The number of aromatic nitrogens is 2. The van der Waals surface area contributed by atoms with Gasteiger partial charge < -0.3 is 20.3 Å². The molecular weight excluding hydrogens is 499 g/mol. The molecule has 0 fully saturated rings. The number of pyridine rings is 1. The Morgan fingerprint density at radius 3 is 2.67 bits per heavy atom. The van der Waals surface area contributed by atoms with Crippen LogP contribution in [0.15, 0.2) is 53.2 Å². The van der Waals surface area contributed by atoms with E-state index in [1.54, 1.807) is 20.1 Å². The number of nitrogen functional groups attached to an aromatic ring is 1. The largest absolute Gasteiger partial charge is 0.398 e. The summed E-state index contributed by atoms with van der Waals surface area (Å²) < 4.78 is 10.2. The van der Waals surface area contributed by atoms with Crippen LogP contribution in [0.2, 0.25) is 0 Å². The number of carbonyl (C=O) groups excluding carboxylic acids is 1. The number of carbonyl (C=O) groups is 1. The van der Waals surface area contributed by atoms with Gasteiger partial charge in [-0.1, -0.05) is 35.5 Å². The highest BCUT2D eigenvalue weighted by molar-refractivity contribution is 14.0.